The molecule has 0 heterocycles. The van der Waals surface area contributed by atoms with E-state index in [0.29, 0.717) is 0 Å². The maximum Gasteiger partial charge on any atom is 0.0347 e. The van der Waals surface area contributed by atoms with Crippen LogP contribution in [-0.4, -0.2) is 0 Å². The summed E-state index contributed by atoms with van der Waals surface area (Å²) in [5, 5.41) is 0. The van der Waals surface area contributed by atoms with Gasteiger partial charge < -0.3 is 5.73 Å². The van der Waals surface area contributed by atoms with Gasteiger partial charge in [-0.2, -0.15) is 0 Å². The van der Waals surface area contributed by atoms with Gasteiger partial charge in [-0.3, -0.25) is 0 Å². The number of hydrogen-bond donors (Lipinski definition) is 1. The van der Waals surface area contributed by atoms with Crippen LogP contribution in [0.25, 0.3) is 5.70 Å². The Kier molecular flexibility index (Phi) is 2.54. The average molecular weight is 161 g/mol. The number of aryl methyl sites for hydroxylation is 1. The molecule has 1 aromatic rings. The molecule has 12 heavy (non-hydrogen) atoms. The van der Waals surface area contributed by atoms with Gasteiger partial charge in [0.05, 0.1) is 0 Å². The molecule has 0 radical (unpaired) electrons. The summed E-state index contributed by atoms with van der Waals surface area (Å²) in [5.74, 6) is 0. The monoisotopic (exact) mass is 161 g/mol. The van der Waals surface area contributed by atoms with Crippen LogP contribution in [0, 0.1) is 13.8 Å². The first kappa shape index (κ1) is 8.85. The van der Waals surface area contributed by atoms with Gasteiger partial charge in [-0.25, -0.2) is 0 Å². The highest BCUT2D eigenvalue weighted by Gasteiger charge is 2.00. The highest BCUT2D eigenvalue weighted by atomic mass is 14.6. The fourth-order valence-corrected chi connectivity index (χ4v) is 1.22. The fraction of sp³-hybridized carbons (Fsp3) is 0.273. The quantitative estimate of drug-likeness (QED) is 0.673. The van der Waals surface area contributed by atoms with E-state index in [1.807, 2.05) is 19.1 Å². The zero-order chi connectivity index (χ0) is 9.14. The van der Waals surface area contributed by atoms with Crippen molar-refractivity contribution in [2.45, 2.75) is 20.8 Å². The Labute approximate surface area is 73.9 Å². The van der Waals surface area contributed by atoms with E-state index in [9.17, 15) is 0 Å². The molecule has 0 amide bonds. The SMILES string of the molecule is C/C=C(\N)c1cccc(C)c1C. The minimum absolute atomic E-state index is 0.858. The minimum Gasteiger partial charge on any atom is -0.399 e. The molecule has 0 atom stereocenters. The summed E-state index contributed by atoms with van der Waals surface area (Å²) in [5.41, 5.74) is 10.4. The van der Waals surface area contributed by atoms with Crippen molar-refractivity contribution in [3.63, 3.8) is 0 Å². The molecule has 0 aliphatic heterocycles. The van der Waals surface area contributed by atoms with Crippen LogP contribution in [0.15, 0.2) is 24.3 Å². The third kappa shape index (κ3) is 1.50. The zero-order valence-corrected chi connectivity index (χ0v) is 7.89. The van der Waals surface area contributed by atoms with Gasteiger partial charge >= 0.3 is 0 Å². The Morgan fingerprint density at radius 2 is 2.00 bits per heavy atom. The summed E-state index contributed by atoms with van der Waals surface area (Å²) in [7, 11) is 0. The first-order chi connectivity index (χ1) is 5.66. The lowest BCUT2D eigenvalue weighted by molar-refractivity contribution is 1.30. The van der Waals surface area contributed by atoms with E-state index >= 15 is 0 Å². The molecule has 1 heteroatoms. The molecule has 0 saturated heterocycles. The first-order valence-corrected chi connectivity index (χ1v) is 4.15. The third-order valence-corrected chi connectivity index (χ3v) is 2.23. The lowest BCUT2D eigenvalue weighted by Crippen LogP contribution is -1.99. The second-order valence-electron chi connectivity index (χ2n) is 2.99. The molecule has 0 spiro atoms. The van der Waals surface area contributed by atoms with Gasteiger partial charge in [0.2, 0.25) is 0 Å². The molecular formula is C11H15N. The molecule has 0 unspecified atom stereocenters. The molecular weight excluding hydrogens is 146 g/mol. The van der Waals surface area contributed by atoms with Gasteiger partial charge in [-0.05, 0) is 31.9 Å². The first-order valence-electron chi connectivity index (χ1n) is 4.15. The number of hydrogen-bond acceptors (Lipinski definition) is 1. The molecule has 1 aromatic carbocycles. The smallest absolute Gasteiger partial charge is 0.0347 e. The zero-order valence-electron chi connectivity index (χ0n) is 7.89. The Balaban J connectivity index is 3.26. The fourth-order valence-electron chi connectivity index (χ4n) is 1.22. The molecule has 0 aliphatic carbocycles. The topological polar surface area (TPSA) is 26.0 Å². The van der Waals surface area contributed by atoms with Gasteiger partial charge in [-0.1, -0.05) is 24.3 Å². The van der Waals surface area contributed by atoms with Gasteiger partial charge in [0.15, 0.2) is 0 Å². The van der Waals surface area contributed by atoms with Crippen LogP contribution in [0.1, 0.15) is 23.6 Å². The second-order valence-corrected chi connectivity index (χ2v) is 2.99. The van der Waals surface area contributed by atoms with Gasteiger partial charge in [0.25, 0.3) is 0 Å². The summed E-state index contributed by atoms with van der Waals surface area (Å²) >= 11 is 0. The summed E-state index contributed by atoms with van der Waals surface area (Å²) in [6.07, 6.45) is 1.93. The highest BCUT2D eigenvalue weighted by Crippen LogP contribution is 2.17. The van der Waals surface area contributed by atoms with E-state index in [0.717, 1.165) is 11.3 Å². The van der Waals surface area contributed by atoms with Crippen LogP contribution in [0.5, 0.6) is 0 Å². The summed E-state index contributed by atoms with van der Waals surface area (Å²) in [6.45, 7) is 6.15. The second kappa shape index (κ2) is 3.44. The van der Waals surface area contributed by atoms with Crippen molar-refractivity contribution in [1.82, 2.24) is 0 Å². The van der Waals surface area contributed by atoms with E-state index in [2.05, 4.69) is 26.0 Å². The predicted octanol–water partition coefficient (Wildman–Crippen LogP) is 2.62. The van der Waals surface area contributed by atoms with Crippen LogP contribution < -0.4 is 5.73 Å². The van der Waals surface area contributed by atoms with E-state index in [4.69, 9.17) is 5.73 Å². The largest absolute Gasteiger partial charge is 0.399 e. The van der Waals surface area contributed by atoms with Crippen LogP contribution in [0.3, 0.4) is 0 Å². The van der Waals surface area contributed by atoms with Crippen molar-refractivity contribution in [1.29, 1.82) is 0 Å². The van der Waals surface area contributed by atoms with Crippen LogP contribution in [-0.2, 0) is 0 Å². The molecule has 1 nitrogen and oxygen atoms in total. The number of nitrogens with two attached hydrogens (primary N) is 1. The van der Waals surface area contributed by atoms with Crippen LogP contribution in [0.2, 0.25) is 0 Å². The van der Waals surface area contributed by atoms with Gasteiger partial charge in [-0.15, -0.1) is 0 Å². The van der Waals surface area contributed by atoms with Crippen LogP contribution >= 0.6 is 0 Å². The number of allylic oxidation sites excluding steroid dienone is 1. The van der Waals surface area contributed by atoms with Crippen molar-refractivity contribution in [2.75, 3.05) is 0 Å². The minimum atomic E-state index is 0.858. The normalized spacial score (nSPS) is 11.8. The highest BCUT2D eigenvalue weighted by molar-refractivity contribution is 5.66. The molecule has 1 rings (SSSR count). The molecule has 2 N–H and O–H groups in total. The van der Waals surface area contributed by atoms with E-state index in [1.54, 1.807) is 0 Å². The van der Waals surface area contributed by atoms with Crippen LogP contribution in [0.4, 0.5) is 0 Å². The lowest BCUT2D eigenvalue weighted by atomic mass is 10.0. The molecule has 0 saturated carbocycles. The van der Waals surface area contributed by atoms with E-state index in [1.165, 1.54) is 11.1 Å². The van der Waals surface area contributed by atoms with Crippen molar-refractivity contribution in [3.8, 4) is 0 Å². The van der Waals surface area contributed by atoms with Crippen molar-refractivity contribution >= 4 is 5.70 Å². The van der Waals surface area contributed by atoms with Gasteiger partial charge in [0.1, 0.15) is 0 Å². The van der Waals surface area contributed by atoms with Crippen molar-refractivity contribution < 1.29 is 0 Å². The van der Waals surface area contributed by atoms with E-state index < -0.39 is 0 Å². The van der Waals surface area contributed by atoms with Crippen molar-refractivity contribution in [3.05, 3.63) is 41.0 Å². The molecule has 0 bridgehead atoms. The summed E-state index contributed by atoms with van der Waals surface area (Å²) < 4.78 is 0. The molecule has 64 valence electrons. The number of benzene rings is 1. The Bertz CT molecular complexity index is 311. The molecule has 0 aliphatic rings. The maximum absolute atomic E-state index is 5.83. The predicted molar refractivity (Wildman–Crippen MR) is 53.8 cm³/mol. The third-order valence-electron chi connectivity index (χ3n) is 2.23. The Morgan fingerprint density at radius 3 is 2.58 bits per heavy atom. The lowest BCUT2D eigenvalue weighted by Gasteiger charge is -2.07. The van der Waals surface area contributed by atoms with E-state index in [-0.39, 0.29) is 0 Å². The maximum atomic E-state index is 5.83. The average Bonchev–Trinajstić information content (AvgIpc) is 2.08. The van der Waals surface area contributed by atoms with Gasteiger partial charge in [0, 0.05) is 11.3 Å². The Morgan fingerprint density at radius 1 is 1.33 bits per heavy atom. The number of rotatable bonds is 1. The Hall–Kier alpha value is -1.24. The standard InChI is InChI=1S/C11H15N/c1-4-11(12)10-7-5-6-8(2)9(10)3/h4-7H,12H2,1-3H3/b11-4-. The summed E-state index contributed by atoms with van der Waals surface area (Å²) in [6, 6.07) is 6.19. The molecule has 0 fully saturated rings. The summed E-state index contributed by atoms with van der Waals surface area (Å²) in [4.78, 5) is 0. The molecule has 0 aromatic heterocycles. The van der Waals surface area contributed by atoms with Crippen molar-refractivity contribution in [2.24, 2.45) is 5.73 Å².